The standard InChI is InChI=1S/C72H47B2N5O2/c1-8-24-48(25-9-1)75(49-26-10-2-11-27-49)55-42-62-69-63(43-55)79(54-36-20-7-21-37-54)61-47-67-58-46-57(61)73(69)70-59(77(62)52-32-16-5-17-33-52)38-22-40-65(70)80-66-41-23-39-60-71(66)74(58)72-64(78(60)53-34-18-6-19-35-53)44-56(45-68(72)81-67)76(50-28-12-3-13-29-50)51-30-14-4-15-31-51/h1-47H. The minimum absolute atomic E-state index is 0.250. The van der Waals surface area contributed by atoms with Crippen molar-refractivity contribution in [3.63, 3.8) is 0 Å². The average molecular weight is 1040 g/mol. The molecule has 0 aromatic heterocycles. The molecule has 0 radical (unpaired) electrons. The monoisotopic (exact) mass is 1040 g/mol. The molecular weight excluding hydrogens is 988 g/mol. The van der Waals surface area contributed by atoms with E-state index in [0.717, 1.165) is 130 Å². The van der Waals surface area contributed by atoms with Crippen LogP contribution >= 0.6 is 0 Å². The highest BCUT2D eigenvalue weighted by atomic mass is 16.5. The second kappa shape index (κ2) is 18.0. The van der Waals surface area contributed by atoms with Crippen molar-refractivity contribution < 1.29 is 9.47 Å². The smallest absolute Gasteiger partial charge is 0.261 e. The summed E-state index contributed by atoms with van der Waals surface area (Å²) in [6.45, 7) is -0.515. The number of ether oxygens (including phenoxy) is 2. The van der Waals surface area contributed by atoms with Crippen LogP contribution in [0.15, 0.2) is 285 Å². The van der Waals surface area contributed by atoms with Crippen molar-refractivity contribution in [1.29, 1.82) is 0 Å². The molecule has 0 spiro atoms. The Labute approximate surface area is 471 Å². The van der Waals surface area contributed by atoms with Gasteiger partial charge in [0.1, 0.15) is 23.0 Å². The number of para-hydroxylation sites is 7. The lowest BCUT2D eigenvalue weighted by atomic mass is 9.30. The lowest BCUT2D eigenvalue weighted by Crippen LogP contribution is -2.65. The number of anilines is 15. The van der Waals surface area contributed by atoms with E-state index in [1.165, 1.54) is 10.9 Å². The largest absolute Gasteiger partial charge is 0.458 e. The van der Waals surface area contributed by atoms with Crippen molar-refractivity contribution in [3.05, 3.63) is 285 Å². The van der Waals surface area contributed by atoms with Gasteiger partial charge in [0.2, 0.25) is 0 Å². The van der Waals surface area contributed by atoms with Crippen LogP contribution in [-0.4, -0.2) is 13.4 Å². The Morgan fingerprint density at radius 3 is 1.01 bits per heavy atom. The molecule has 2 bridgehead atoms. The quantitative estimate of drug-likeness (QED) is 0.133. The van der Waals surface area contributed by atoms with Gasteiger partial charge in [-0.1, -0.05) is 146 Å². The Kier molecular flexibility index (Phi) is 10.1. The van der Waals surface area contributed by atoms with Crippen LogP contribution in [0.2, 0.25) is 0 Å². The first-order chi connectivity index (χ1) is 40.2. The molecule has 81 heavy (non-hydrogen) atoms. The summed E-state index contributed by atoms with van der Waals surface area (Å²) in [6, 6.07) is 103. The number of rotatable bonds is 9. The minimum Gasteiger partial charge on any atom is -0.458 e. The van der Waals surface area contributed by atoms with Gasteiger partial charge < -0.3 is 34.0 Å². The molecule has 0 aliphatic carbocycles. The van der Waals surface area contributed by atoms with E-state index in [4.69, 9.17) is 9.47 Å². The molecule has 0 saturated heterocycles. The van der Waals surface area contributed by atoms with Gasteiger partial charge in [-0.3, -0.25) is 0 Å². The molecule has 5 aliphatic heterocycles. The summed E-state index contributed by atoms with van der Waals surface area (Å²) in [5.74, 6) is 3.22. The van der Waals surface area contributed by atoms with Gasteiger partial charge in [0.05, 0.1) is 11.4 Å². The van der Waals surface area contributed by atoms with E-state index in [2.05, 4.69) is 310 Å². The fourth-order valence-corrected chi connectivity index (χ4v) is 13.6. The normalized spacial score (nSPS) is 13.3. The van der Waals surface area contributed by atoms with E-state index in [1.807, 2.05) is 0 Å². The molecule has 5 aliphatic rings. The predicted octanol–water partition coefficient (Wildman–Crippen LogP) is 15.2. The summed E-state index contributed by atoms with van der Waals surface area (Å²) in [5, 5.41) is 0. The summed E-state index contributed by atoms with van der Waals surface area (Å²) >= 11 is 0. The van der Waals surface area contributed by atoms with Crippen LogP contribution in [0.5, 0.6) is 23.0 Å². The maximum atomic E-state index is 7.76. The fraction of sp³-hybridized carbons (Fsp3) is 0. The van der Waals surface area contributed by atoms with Crippen molar-refractivity contribution in [2.45, 2.75) is 0 Å². The third-order valence-corrected chi connectivity index (χ3v) is 16.8. The van der Waals surface area contributed by atoms with Crippen molar-refractivity contribution >= 4 is 132 Å². The van der Waals surface area contributed by atoms with Crippen LogP contribution in [0, 0.1) is 0 Å². The van der Waals surface area contributed by atoms with E-state index in [0.29, 0.717) is 0 Å². The van der Waals surface area contributed by atoms with Gasteiger partial charge in [0.25, 0.3) is 13.4 Å². The van der Waals surface area contributed by atoms with Crippen LogP contribution in [-0.2, 0) is 0 Å². The zero-order chi connectivity index (χ0) is 53.1. The maximum absolute atomic E-state index is 7.76. The van der Waals surface area contributed by atoms with Gasteiger partial charge in [-0.15, -0.1) is 0 Å². The molecule has 0 N–H and O–H groups in total. The molecule has 378 valence electrons. The Balaban J connectivity index is 0.987. The van der Waals surface area contributed by atoms with E-state index < -0.39 is 0 Å². The molecule has 9 heteroatoms. The highest BCUT2D eigenvalue weighted by Gasteiger charge is 2.50. The van der Waals surface area contributed by atoms with E-state index >= 15 is 0 Å². The van der Waals surface area contributed by atoms with Gasteiger partial charge >= 0.3 is 0 Å². The molecular formula is C72H47B2N5O2. The van der Waals surface area contributed by atoms with Gasteiger partial charge in [-0.2, -0.15) is 0 Å². The first-order valence-electron chi connectivity index (χ1n) is 27.7. The molecule has 5 heterocycles. The highest BCUT2D eigenvalue weighted by molar-refractivity contribution is 7.03. The summed E-state index contributed by atoms with van der Waals surface area (Å²) in [7, 11) is 0. The lowest BCUT2D eigenvalue weighted by Gasteiger charge is -2.47. The Bertz CT molecular complexity index is 4370. The fourth-order valence-electron chi connectivity index (χ4n) is 13.6. The van der Waals surface area contributed by atoms with Gasteiger partial charge in [0.15, 0.2) is 0 Å². The molecule has 12 aromatic rings. The zero-order valence-electron chi connectivity index (χ0n) is 43.8. The van der Waals surface area contributed by atoms with Gasteiger partial charge in [-0.05, 0) is 160 Å². The summed E-state index contributed by atoms with van der Waals surface area (Å²) in [5.41, 5.74) is 22.5. The summed E-state index contributed by atoms with van der Waals surface area (Å²) in [6.07, 6.45) is 0. The zero-order valence-corrected chi connectivity index (χ0v) is 43.8. The molecule has 0 unspecified atom stereocenters. The van der Waals surface area contributed by atoms with Crippen LogP contribution in [0.4, 0.5) is 85.3 Å². The first kappa shape index (κ1) is 45.4. The van der Waals surface area contributed by atoms with Gasteiger partial charge in [0, 0.05) is 86.1 Å². The molecule has 0 atom stereocenters. The third-order valence-electron chi connectivity index (χ3n) is 16.8. The van der Waals surface area contributed by atoms with Crippen LogP contribution < -0.4 is 66.8 Å². The van der Waals surface area contributed by atoms with E-state index in [1.54, 1.807) is 0 Å². The van der Waals surface area contributed by atoms with Gasteiger partial charge in [-0.25, -0.2) is 0 Å². The number of nitrogens with zero attached hydrogens (tertiary/aromatic N) is 5. The molecule has 0 amide bonds. The Morgan fingerprint density at radius 2 is 0.580 bits per heavy atom. The van der Waals surface area contributed by atoms with Crippen molar-refractivity contribution in [2.24, 2.45) is 0 Å². The molecule has 0 fully saturated rings. The number of hydrogen-bond acceptors (Lipinski definition) is 7. The van der Waals surface area contributed by atoms with Crippen LogP contribution in [0.1, 0.15) is 0 Å². The molecule has 12 aromatic carbocycles. The number of hydrogen-bond donors (Lipinski definition) is 0. The third kappa shape index (κ3) is 6.92. The van der Waals surface area contributed by atoms with E-state index in [9.17, 15) is 0 Å². The number of benzene rings is 12. The lowest BCUT2D eigenvalue weighted by molar-refractivity contribution is 0.486. The summed E-state index contributed by atoms with van der Waals surface area (Å²) in [4.78, 5) is 12.1. The van der Waals surface area contributed by atoms with Crippen molar-refractivity contribution in [1.82, 2.24) is 0 Å². The highest BCUT2D eigenvalue weighted by Crippen LogP contribution is 2.52. The minimum atomic E-state index is -0.265. The van der Waals surface area contributed by atoms with Crippen molar-refractivity contribution in [3.8, 4) is 23.0 Å². The Morgan fingerprint density at radius 1 is 0.235 bits per heavy atom. The molecule has 17 rings (SSSR count). The van der Waals surface area contributed by atoms with Crippen molar-refractivity contribution in [2.75, 3.05) is 24.5 Å². The topological polar surface area (TPSA) is 34.7 Å². The Hall–Kier alpha value is -10.6. The van der Waals surface area contributed by atoms with Crippen LogP contribution in [0.25, 0.3) is 0 Å². The second-order valence-corrected chi connectivity index (χ2v) is 21.2. The average Bonchev–Trinajstić information content (AvgIpc) is 2.98. The van der Waals surface area contributed by atoms with Crippen LogP contribution in [0.3, 0.4) is 0 Å². The summed E-state index contributed by atoms with van der Waals surface area (Å²) < 4.78 is 15.4. The predicted molar refractivity (Wildman–Crippen MR) is 336 cm³/mol. The maximum Gasteiger partial charge on any atom is 0.261 e. The second-order valence-electron chi connectivity index (χ2n) is 21.2. The van der Waals surface area contributed by atoms with E-state index in [-0.39, 0.29) is 13.4 Å². The molecule has 0 saturated carbocycles. The molecule has 7 nitrogen and oxygen atoms in total. The SMILES string of the molecule is c1ccc(N(c2ccccc2)c2cc3c4c(c2)N(c2ccccc2)c2cccc5c2B4c2cc4c(cc2O3)N(c2ccccc2)c2cc(N(c3ccccc3)c3ccccc3)cc3c2B4c2c(cccc2N3c2ccccc2)O5)cc1. The first-order valence-corrected chi connectivity index (χ1v) is 27.7.